The maximum Gasteiger partial charge on any atom is 0.0300 e. The van der Waals surface area contributed by atoms with Crippen molar-refractivity contribution in [2.75, 3.05) is 7.05 Å². The van der Waals surface area contributed by atoms with Crippen LogP contribution >= 0.6 is 0 Å². The molecule has 3 rings (SSSR count). The van der Waals surface area contributed by atoms with Gasteiger partial charge in [0, 0.05) is 30.5 Å². The van der Waals surface area contributed by atoms with Crippen LogP contribution in [-0.4, -0.2) is 35.1 Å². The van der Waals surface area contributed by atoms with Gasteiger partial charge < -0.3 is 4.90 Å². The fourth-order valence-electron chi connectivity index (χ4n) is 3.92. The van der Waals surface area contributed by atoms with Gasteiger partial charge in [0.25, 0.3) is 0 Å². The monoisotopic (exact) mass is 260 g/mol. The van der Waals surface area contributed by atoms with Crippen LogP contribution in [0, 0.1) is 5.92 Å². The Morgan fingerprint density at radius 3 is 2.74 bits per heavy atom. The molecule has 1 aromatic heterocycles. The standard InChI is InChI=1S/C15H24N4/c1-19-13-4-5-14(19)9-12(8-13)15(18-16)7-11-3-2-6-17-10-11/h2-3,6,10,12-15,18H,4-5,7-9,16H2,1H3. The van der Waals surface area contributed by atoms with E-state index in [0.29, 0.717) is 12.0 Å². The minimum Gasteiger partial charge on any atom is -0.300 e. The van der Waals surface area contributed by atoms with Crippen molar-refractivity contribution in [3.63, 3.8) is 0 Å². The summed E-state index contributed by atoms with van der Waals surface area (Å²) in [6, 6.07) is 6.06. The van der Waals surface area contributed by atoms with E-state index in [9.17, 15) is 0 Å². The molecule has 3 unspecified atom stereocenters. The van der Waals surface area contributed by atoms with E-state index in [1.165, 1.54) is 31.2 Å². The van der Waals surface area contributed by atoms with Crippen molar-refractivity contribution >= 4 is 0 Å². The van der Waals surface area contributed by atoms with E-state index in [0.717, 1.165) is 18.5 Å². The molecule has 3 heterocycles. The molecular weight excluding hydrogens is 236 g/mol. The maximum absolute atomic E-state index is 5.81. The third-order valence-electron chi connectivity index (χ3n) is 5.10. The summed E-state index contributed by atoms with van der Waals surface area (Å²) < 4.78 is 0. The first-order valence-electron chi connectivity index (χ1n) is 7.35. The lowest BCUT2D eigenvalue weighted by Gasteiger charge is -2.39. The highest BCUT2D eigenvalue weighted by Gasteiger charge is 2.40. The third kappa shape index (κ3) is 2.66. The zero-order chi connectivity index (χ0) is 13.2. The van der Waals surface area contributed by atoms with Gasteiger partial charge >= 0.3 is 0 Å². The first-order chi connectivity index (χ1) is 9.28. The highest BCUT2D eigenvalue weighted by Crippen LogP contribution is 2.39. The van der Waals surface area contributed by atoms with Gasteiger partial charge in [-0.2, -0.15) is 0 Å². The first-order valence-corrected chi connectivity index (χ1v) is 7.35. The van der Waals surface area contributed by atoms with Crippen LogP contribution in [0.2, 0.25) is 0 Å². The van der Waals surface area contributed by atoms with E-state index in [1.807, 2.05) is 18.5 Å². The molecule has 3 atom stereocenters. The summed E-state index contributed by atoms with van der Waals surface area (Å²) in [7, 11) is 2.28. The number of aromatic nitrogens is 1. The molecule has 2 saturated heterocycles. The highest BCUT2D eigenvalue weighted by atomic mass is 15.2. The van der Waals surface area contributed by atoms with Crippen molar-refractivity contribution in [3.8, 4) is 0 Å². The second kappa shape index (κ2) is 5.57. The Morgan fingerprint density at radius 1 is 1.42 bits per heavy atom. The number of rotatable bonds is 4. The molecule has 0 radical (unpaired) electrons. The Morgan fingerprint density at radius 2 is 2.16 bits per heavy atom. The molecular formula is C15H24N4. The van der Waals surface area contributed by atoms with Crippen LogP contribution in [0.4, 0.5) is 0 Å². The minimum atomic E-state index is 0.376. The average molecular weight is 260 g/mol. The van der Waals surface area contributed by atoms with Crippen LogP contribution in [0.15, 0.2) is 24.5 Å². The number of hydrazine groups is 1. The SMILES string of the molecule is CN1C2CCC1CC(C(Cc1cccnc1)NN)C2. The molecule has 0 spiro atoms. The molecule has 1 aromatic rings. The van der Waals surface area contributed by atoms with Crippen LogP contribution in [0.5, 0.6) is 0 Å². The molecule has 0 saturated carbocycles. The van der Waals surface area contributed by atoms with Gasteiger partial charge in [-0.15, -0.1) is 0 Å². The fourth-order valence-corrected chi connectivity index (χ4v) is 3.92. The van der Waals surface area contributed by atoms with Crippen molar-refractivity contribution in [1.29, 1.82) is 0 Å². The van der Waals surface area contributed by atoms with Gasteiger partial charge in [0.2, 0.25) is 0 Å². The summed E-state index contributed by atoms with van der Waals surface area (Å²) >= 11 is 0. The average Bonchev–Trinajstić information content (AvgIpc) is 2.68. The topological polar surface area (TPSA) is 54.2 Å². The minimum absolute atomic E-state index is 0.376. The van der Waals surface area contributed by atoms with Crippen molar-refractivity contribution in [1.82, 2.24) is 15.3 Å². The molecule has 2 aliphatic rings. The highest BCUT2D eigenvalue weighted by molar-refractivity contribution is 5.11. The van der Waals surface area contributed by atoms with Crippen molar-refractivity contribution in [3.05, 3.63) is 30.1 Å². The molecule has 2 bridgehead atoms. The Labute approximate surface area is 115 Å². The van der Waals surface area contributed by atoms with Crippen LogP contribution in [0.25, 0.3) is 0 Å². The molecule has 104 valence electrons. The van der Waals surface area contributed by atoms with Gasteiger partial charge in [-0.25, -0.2) is 0 Å². The summed E-state index contributed by atoms with van der Waals surface area (Å²) in [4.78, 5) is 6.77. The van der Waals surface area contributed by atoms with Gasteiger partial charge in [0.15, 0.2) is 0 Å². The molecule has 19 heavy (non-hydrogen) atoms. The van der Waals surface area contributed by atoms with Gasteiger partial charge in [0.05, 0.1) is 0 Å². The number of nitrogens with two attached hydrogens (primary N) is 1. The van der Waals surface area contributed by atoms with Crippen molar-refractivity contribution < 1.29 is 0 Å². The smallest absolute Gasteiger partial charge is 0.0300 e. The number of pyridine rings is 1. The zero-order valence-electron chi connectivity index (χ0n) is 11.6. The van der Waals surface area contributed by atoms with E-state index in [2.05, 4.69) is 28.4 Å². The normalized spacial score (nSPS) is 32.4. The number of nitrogens with one attached hydrogen (secondary N) is 1. The largest absolute Gasteiger partial charge is 0.300 e. The number of hydrogen-bond acceptors (Lipinski definition) is 4. The van der Waals surface area contributed by atoms with Gasteiger partial charge in [-0.1, -0.05) is 6.07 Å². The lowest BCUT2D eigenvalue weighted by molar-refractivity contribution is 0.112. The quantitative estimate of drug-likeness (QED) is 0.633. The van der Waals surface area contributed by atoms with E-state index in [1.54, 1.807) is 0 Å². The molecule has 4 heteroatoms. The van der Waals surface area contributed by atoms with E-state index in [-0.39, 0.29) is 0 Å². The lowest BCUT2D eigenvalue weighted by Crippen LogP contribution is -2.49. The lowest BCUT2D eigenvalue weighted by atomic mass is 9.83. The number of hydrogen-bond donors (Lipinski definition) is 2. The number of piperidine rings is 1. The first kappa shape index (κ1) is 13.0. The van der Waals surface area contributed by atoms with Crippen LogP contribution in [-0.2, 0) is 6.42 Å². The molecule has 2 aliphatic heterocycles. The third-order valence-corrected chi connectivity index (χ3v) is 5.10. The van der Waals surface area contributed by atoms with E-state index >= 15 is 0 Å². The number of fused-ring (bicyclic) bond motifs is 2. The van der Waals surface area contributed by atoms with Gasteiger partial charge in [0.1, 0.15) is 0 Å². The Kier molecular flexibility index (Phi) is 3.82. The number of nitrogens with zero attached hydrogens (tertiary/aromatic N) is 2. The predicted molar refractivity (Wildman–Crippen MR) is 76.3 cm³/mol. The molecule has 3 N–H and O–H groups in total. The molecule has 0 amide bonds. The molecule has 4 nitrogen and oxygen atoms in total. The summed E-state index contributed by atoms with van der Waals surface area (Å²) in [5, 5.41) is 0. The van der Waals surface area contributed by atoms with Gasteiger partial charge in [-0.05, 0) is 56.7 Å². The molecule has 0 aliphatic carbocycles. The van der Waals surface area contributed by atoms with Crippen LogP contribution in [0.1, 0.15) is 31.2 Å². The van der Waals surface area contributed by atoms with E-state index in [4.69, 9.17) is 5.84 Å². The Hall–Kier alpha value is -0.970. The van der Waals surface area contributed by atoms with E-state index < -0.39 is 0 Å². The maximum atomic E-state index is 5.81. The van der Waals surface area contributed by atoms with Crippen molar-refractivity contribution in [2.24, 2.45) is 11.8 Å². The van der Waals surface area contributed by atoms with Crippen LogP contribution in [0.3, 0.4) is 0 Å². The van der Waals surface area contributed by atoms with Gasteiger partial charge in [-0.3, -0.25) is 16.3 Å². The summed E-state index contributed by atoms with van der Waals surface area (Å²) in [5.41, 5.74) is 4.33. The second-order valence-corrected chi connectivity index (χ2v) is 6.12. The molecule has 2 fully saturated rings. The van der Waals surface area contributed by atoms with Crippen LogP contribution < -0.4 is 11.3 Å². The summed E-state index contributed by atoms with van der Waals surface area (Å²) in [6.07, 6.45) is 10.0. The summed E-state index contributed by atoms with van der Waals surface area (Å²) in [5.74, 6) is 6.51. The fraction of sp³-hybridized carbons (Fsp3) is 0.667. The second-order valence-electron chi connectivity index (χ2n) is 6.12. The Bertz CT molecular complexity index is 394. The molecule has 0 aromatic carbocycles. The zero-order valence-corrected chi connectivity index (χ0v) is 11.6. The predicted octanol–water partition coefficient (Wildman–Crippen LogP) is 1.33. The summed E-state index contributed by atoms with van der Waals surface area (Å²) in [6.45, 7) is 0. The van der Waals surface area contributed by atoms with Crippen molar-refractivity contribution in [2.45, 2.75) is 50.2 Å². The Balaban J connectivity index is 1.66.